The number of hydrogen-bond acceptors (Lipinski definition) is 4. The summed E-state index contributed by atoms with van der Waals surface area (Å²) in [5, 5.41) is 0. The van der Waals surface area contributed by atoms with E-state index in [4.69, 9.17) is 4.18 Å². The summed E-state index contributed by atoms with van der Waals surface area (Å²) in [7, 11) is -4.16. The fourth-order valence-corrected chi connectivity index (χ4v) is 3.60. The molecule has 2 aromatic rings. The first kappa shape index (κ1) is 17.3. The molecule has 4 nitrogen and oxygen atoms in total. The second-order valence-corrected chi connectivity index (χ2v) is 6.92. The molecule has 0 saturated carbocycles. The molecule has 8 heteroatoms. The molecule has 0 spiro atoms. The van der Waals surface area contributed by atoms with Crippen molar-refractivity contribution in [2.24, 2.45) is 0 Å². The number of hydrogen-bond donors (Lipinski definition) is 0. The third-order valence-electron chi connectivity index (χ3n) is 3.65. The highest BCUT2D eigenvalue weighted by Crippen LogP contribution is 2.31. The molecule has 1 aliphatic carbocycles. The zero-order valence-electron chi connectivity index (χ0n) is 12.8. The van der Waals surface area contributed by atoms with Gasteiger partial charge >= 0.3 is 16.7 Å². The van der Waals surface area contributed by atoms with Gasteiger partial charge in [-0.3, -0.25) is 0 Å². The van der Waals surface area contributed by atoms with Crippen LogP contribution in [0.3, 0.4) is 0 Å². The molecule has 0 aromatic heterocycles. The molecule has 0 fully saturated rings. The van der Waals surface area contributed by atoms with Gasteiger partial charge in [-0.15, -0.1) is 0 Å². The van der Waals surface area contributed by atoms with Gasteiger partial charge in [0.1, 0.15) is 5.75 Å². The summed E-state index contributed by atoms with van der Waals surface area (Å²) in [6.07, 6.45) is 1.81. The lowest BCUT2D eigenvalue weighted by Gasteiger charge is -2.18. The third-order valence-corrected chi connectivity index (χ3v) is 5.02. The second-order valence-electron chi connectivity index (χ2n) is 5.32. The standard InChI is InChI=1S/C17H13F3O4S/c18-15-3-1-2-4-16(15)24-25(21,22)14-8-6-11-9-13(23-17(19)20)7-5-12(11)10-14/h1-5,7,9-10,17H,6,8H2. The van der Waals surface area contributed by atoms with Gasteiger partial charge in [-0.1, -0.05) is 18.2 Å². The van der Waals surface area contributed by atoms with E-state index in [0.29, 0.717) is 17.5 Å². The van der Waals surface area contributed by atoms with Gasteiger partial charge in [0.15, 0.2) is 11.6 Å². The van der Waals surface area contributed by atoms with Crippen LogP contribution in [0.4, 0.5) is 13.2 Å². The number of halogens is 3. The highest BCUT2D eigenvalue weighted by molar-refractivity contribution is 7.91. The lowest BCUT2D eigenvalue weighted by molar-refractivity contribution is -0.0498. The molecule has 0 amide bonds. The van der Waals surface area contributed by atoms with Crippen LogP contribution < -0.4 is 8.92 Å². The Balaban J connectivity index is 1.86. The first-order valence-corrected chi connectivity index (χ1v) is 8.73. The molecule has 2 aromatic carbocycles. The van der Waals surface area contributed by atoms with E-state index in [2.05, 4.69) is 4.74 Å². The zero-order valence-corrected chi connectivity index (χ0v) is 13.6. The Labute approximate surface area is 142 Å². The van der Waals surface area contributed by atoms with Crippen molar-refractivity contribution in [1.29, 1.82) is 0 Å². The summed E-state index contributed by atoms with van der Waals surface area (Å²) in [4.78, 5) is -0.00854. The molecule has 0 atom stereocenters. The highest BCUT2D eigenvalue weighted by atomic mass is 32.2. The van der Waals surface area contributed by atoms with Crippen molar-refractivity contribution < 1.29 is 30.5 Å². The van der Waals surface area contributed by atoms with E-state index >= 15 is 0 Å². The number of fused-ring (bicyclic) bond motifs is 1. The van der Waals surface area contributed by atoms with E-state index in [1.807, 2.05) is 0 Å². The Morgan fingerprint density at radius 3 is 2.52 bits per heavy atom. The maximum absolute atomic E-state index is 13.6. The van der Waals surface area contributed by atoms with Crippen molar-refractivity contribution in [3.8, 4) is 11.5 Å². The summed E-state index contributed by atoms with van der Waals surface area (Å²) in [5.41, 5.74) is 1.24. The molecule has 0 saturated heterocycles. The SMILES string of the molecule is O=S(=O)(Oc1ccccc1F)C1=Cc2ccc(OC(F)F)cc2CC1. The minimum absolute atomic E-state index is 0.00854. The molecular formula is C17H13F3O4S. The number of benzene rings is 2. The molecular weight excluding hydrogens is 357 g/mol. The van der Waals surface area contributed by atoms with E-state index in [1.54, 1.807) is 0 Å². The second kappa shape index (κ2) is 6.79. The first-order chi connectivity index (χ1) is 11.8. The topological polar surface area (TPSA) is 52.6 Å². The van der Waals surface area contributed by atoms with Crippen LogP contribution in [0, 0.1) is 5.82 Å². The molecule has 0 N–H and O–H groups in total. The van der Waals surface area contributed by atoms with E-state index in [0.717, 1.165) is 6.07 Å². The van der Waals surface area contributed by atoms with Crippen LogP contribution >= 0.6 is 0 Å². The lowest BCUT2D eigenvalue weighted by atomic mass is 9.97. The fourth-order valence-electron chi connectivity index (χ4n) is 2.50. The van der Waals surface area contributed by atoms with Crippen molar-refractivity contribution in [3.63, 3.8) is 0 Å². The van der Waals surface area contributed by atoms with Gasteiger partial charge in [0.05, 0.1) is 4.91 Å². The summed E-state index contributed by atoms with van der Waals surface area (Å²) < 4.78 is 72.0. The van der Waals surface area contributed by atoms with Gasteiger partial charge in [0, 0.05) is 0 Å². The third kappa shape index (κ3) is 3.96. The van der Waals surface area contributed by atoms with Crippen molar-refractivity contribution in [2.45, 2.75) is 19.5 Å². The van der Waals surface area contributed by atoms with Crippen molar-refractivity contribution >= 4 is 16.2 Å². The van der Waals surface area contributed by atoms with Gasteiger partial charge in [-0.25, -0.2) is 4.39 Å². The van der Waals surface area contributed by atoms with Crippen molar-refractivity contribution in [1.82, 2.24) is 0 Å². The summed E-state index contributed by atoms with van der Waals surface area (Å²) in [6.45, 7) is -2.93. The van der Waals surface area contributed by atoms with Gasteiger partial charge in [-0.05, 0) is 54.3 Å². The number of rotatable bonds is 5. The molecule has 1 aliphatic rings. The average Bonchev–Trinajstić information content (AvgIpc) is 2.56. The number of para-hydroxylation sites is 1. The van der Waals surface area contributed by atoms with Crippen molar-refractivity contribution in [3.05, 3.63) is 64.3 Å². The number of aryl methyl sites for hydroxylation is 1. The summed E-state index contributed by atoms with van der Waals surface area (Å²) >= 11 is 0. The maximum atomic E-state index is 13.6. The van der Waals surface area contributed by atoms with Gasteiger partial charge in [-0.2, -0.15) is 17.2 Å². The van der Waals surface area contributed by atoms with E-state index in [1.165, 1.54) is 42.5 Å². The van der Waals surface area contributed by atoms with Crippen LogP contribution in [0.15, 0.2) is 47.4 Å². The average molecular weight is 370 g/mol. The van der Waals surface area contributed by atoms with E-state index < -0.39 is 22.5 Å². The van der Waals surface area contributed by atoms with Crippen LogP contribution in [0.1, 0.15) is 17.5 Å². The quantitative estimate of drug-likeness (QED) is 0.743. The number of ether oxygens (including phenoxy) is 1. The Morgan fingerprint density at radius 2 is 1.80 bits per heavy atom. The Kier molecular flexibility index (Phi) is 4.71. The molecule has 3 rings (SSSR count). The largest absolute Gasteiger partial charge is 0.435 e. The smallest absolute Gasteiger partial charge is 0.387 e. The number of allylic oxidation sites excluding steroid dienone is 1. The van der Waals surface area contributed by atoms with Crippen LogP contribution in [-0.4, -0.2) is 15.0 Å². The monoisotopic (exact) mass is 370 g/mol. The summed E-state index contributed by atoms with van der Waals surface area (Å²) in [6, 6.07) is 9.46. The van der Waals surface area contributed by atoms with Crippen LogP contribution in [0.5, 0.6) is 11.5 Å². The maximum Gasteiger partial charge on any atom is 0.387 e. The molecule has 132 valence electrons. The molecule has 0 bridgehead atoms. The van der Waals surface area contributed by atoms with Crippen LogP contribution in [0.25, 0.3) is 6.08 Å². The minimum atomic E-state index is -4.16. The summed E-state index contributed by atoms with van der Waals surface area (Å²) in [5.74, 6) is -1.15. The predicted molar refractivity (Wildman–Crippen MR) is 85.3 cm³/mol. The molecule has 25 heavy (non-hydrogen) atoms. The number of alkyl halides is 2. The van der Waals surface area contributed by atoms with Crippen LogP contribution in [-0.2, 0) is 16.5 Å². The Morgan fingerprint density at radius 1 is 1.04 bits per heavy atom. The highest BCUT2D eigenvalue weighted by Gasteiger charge is 2.25. The Hall–Kier alpha value is -2.48. The predicted octanol–water partition coefficient (Wildman–Crippen LogP) is 4.12. The minimum Gasteiger partial charge on any atom is -0.435 e. The molecule has 0 unspecified atom stereocenters. The molecule has 0 aliphatic heterocycles. The first-order valence-electron chi connectivity index (χ1n) is 7.32. The van der Waals surface area contributed by atoms with Gasteiger partial charge in [0.2, 0.25) is 0 Å². The fraction of sp³-hybridized carbons (Fsp3) is 0.176. The van der Waals surface area contributed by atoms with E-state index in [-0.39, 0.29) is 22.8 Å². The Bertz CT molecular complexity index is 923. The lowest BCUT2D eigenvalue weighted by Crippen LogP contribution is -2.15. The van der Waals surface area contributed by atoms with E-state index in [9.17, 15) is 21.6 Å². The zero-order chi connectivity index (χ0) is 18.0. The van der Waals surface area contributed by atoms with Gasteiger partial charge in [0.25, 0.3) is 0 Å². The normalized spacial score (nSPS) is 14.0. The van der Waals surface area contributed by atoms with Gasteiger partial charge < -0.3 is 8.92 Å². The molecule has 0 heterocycles. The van der Waals surface area contributed by atoms with Crippen molar-refractivity contribution in [2.75, 3.05) is 0 Å². The van der Waals surface area contributed by atoms with Crippen LogP contribution in [0.2, 0.25) is 0 Å². The molecule has 0 radical (unpaired) electrons.